The maximum Gasteiger partial charge on any atom is 0.243 e. The van der Waals surface area contributed by atoms with Crippen LogP contribution in [0.1, 0.15) is 48.4 Å². The summed E-state index contributed by atoms with van der Waals surface area (Å²) in [7, 11) is 0. The SMILES string of the molecule is CC(C)CNC(=O)[C@H](Cc1ccccc1)N(Cc1c(Cl)cccc1Cl)C(=O)CC(c1ccccc1)c1ccccc1. The third-order valence-corrected chi connectivity index (χ3v) is 7.84. The first kappa shape index (κ1) is 30.4. The smallest absolute Gasteiger partial charge is 0.243 e. The average molecular weight is 588 g/mol. The van der Waals surface area contributed by atoms with Gasteiger partial charge in [0, 0.05) is 47.5 Å². The zero-order chi connectivity index (χ0) is 29.2. The Bertz CT molecular complexity index is 1350. The van der Waals surface area contributed by atoms with Crippen LogP contribution in [0.5, 0.6) is 0 Å². The molecule has 2 amide bonds. The second-order valence-electron chi connectivity index (χ2n) is 10.6. The van der Waals surface area contributed by atoms with Crippen molar-refractivity contribution in [1.29, 1.82) is 0 Å². The molecule has 0 aromatic heterocycles. The van der Waals surface area contributed by atoms with Gasteiger partial charge in [0.2, 0.25) is 11.8 Å². The molecule has 0 aliphatic heterocycles. The second-order valence-corrected chi connectivity index (χ2v) is 11.5. The molecule has 1 atom stereocenters. The molecule has 0 heterocycles. The van der Waals surface area contributed by atoms with Crippen molar-refractivity contribution >= 4 is 35.0 Å². The van der Waals surface area contributed by atoms with E-state index in [2.05, 4.69) is 5.32 Å². The van der Waals surface area contributed by atoms with E-state index in [0.29, 0.717) is 28.6 Å². The minimum absolute atomic E-state index is 0.111. The Morgan fingerprint density at radius 3 is 1.76 bits per heavy atom. The topological polar surface area (TPSA) is 49.4 Å². The summed E-state index contributed by atoms with van der Waals surface area (Å²) >= 11 is 13.2. The number of hydrogen-bond acceptors (Lipinski definition) is 2. The Labute approximate surface area is 253 Å². The van der Waals surface area contributed by atoms with Gasteiger partial charge in [0.15, 0.2) is 0 Å². The van der Waals surface area contributed by atoms with Crippen LogP contribution in [0, 0.1) is 5.92 Å². The van der Waals surface area contributed by atoms with Crippen molar-refractivity contribution in [3.05, 3.63) is 141 Å². The molecule has 0 aliphatic rings. The Hall–Kier alpha value is -3.60. The number of nitrogens with zero attached hydrogens (tertiary/aromatic N) is 1. The Morgan fingerprint density at radius 1 is 0.732 bits per heavy atom. The van der Waals surface area contributed by atoms with Crippen molar-refractivity contribution in [2.75, 3.05) is 6.54 Å². The molecule has 4 aromatic carbocycles. The van der Waals surface area contributed by atoms with Gasteiger partial charge in [-0.05, 0) is 34.7 Å². The van der Waals surface area contributed by atoms with E-state index in [1.54, 1.807) is 23.1 Å². The minimum Gasteiger partial charge on any atom is -0.354 e. The summed E-state index contributed by atoms with van der Waals surface area (Å²) in [4.78, 5) is 29.9. The average Bonchev–Trinajstić information content (AvgIpc) is 2.99. The van der Waals surface area contributed by atoms with Crippen molar-refractivity contribution < 1.29 is 9.59 Å². The van der Waals surface area contributed by atoms with Crippen LogP contribution in [0.3, 0.4) is 0 Å². The number of nitrogens with one attached hydrogen (secondary N) is 1. The van der Waals surface area contributed by atoms with E-state index in [0.717, 1.165) is 16.7 Å². The van der Waals surface area contributed by atoms with Gasteiger partial charge in [-0.25, -0.2) is 0 Å². The van der Waals surface area contributed by atoms with Crippen LogP contribution in [0.25, 0.3) is 0 Å². The van der Waals surface area contributed by atoms with E-state index >= 15 is 0 Å². The summed E-state index contributed by atoms with van der Waals surface area (Å²) in [5.41, 5.74) is 3.65. The molecule has 0 saturated heterocycles. The standard InChI is InChI=1S/C35H36Cl2N2O2/c1-25(2)23-38-35(41)33(21-26-13-6-3-7-14-26)39(24-30-31(36)19-12-20-32(30)37)34(40)22-29(27-15-8-4-9-16-27)28-17-10-5-11-18-28/h3-20,25,29,33H,21-24H2,1-2H3,(H,38,41)/t33-/m0/s1. The van der Waals surface area contributed by atoms with Crippen molar-refractivity contribution in [2.45, 2.75) is 45.2 Å². The Morgan fingerprint density at radius 2 is 1.24 bits per heavy atom. The van der Waals surface area contributed by atoms with E-state index in [1.807, 2.05) is 105 Å². The molecule has 4 rings (SSSR count). The zero-order valence-corrected chi connectivity index (χ0v) is 25.0. The van der Waals surface area contributed by atoms with Crippen molar-refractivity contribution in [3.8, 4) is 0 Å². The molecule has 212 valence electrons. The molecule has 0 spiro atoms. The lowest BCUT2D eigenvalue weighted by Gasteiger charge is -2.33. The van der Waals surface area contributed by atoms with Crippen LogP contribution >= 0.6 is 23.2 Å². The van der Waals surface area contributed by atoms with Crippen LogP contribution in [0.15, 0.2) is 109 Å². The van der Waals surface area contributed by atoms with Gasteiger partial charge in [-0.15, -0.1) is 0 Å². The van der Waals surface area contributed by atoms with E-state index in [4.69, 9.17) is 23.2 Å². The van der Waals surface area contributed by atoms with Crippen LogP contribution in [-0.2, 0) is 22.6 Å². The van der Waals surface area contributed by atoms with E-state index in [-0.39, 0.29) is 36.6 Å². The molecule has 41 heavy (non-hydrogen) atoms. The van der Waals surface area contributed by atoms with Gasteiger partial charge in [0.05, 0.1) is 0 Å². The van der Waals surface area contributed by atoms with Crippen LogP contribution < -0.4 is 5.32 Å². The first-order valence-corrected chi connectivity index (χ1v) is 14.7. The normalized spacial score (nSPS) is 11.9. The molecule has 4 aromatic rings. The number of carbonyl (C=O) groups is 2. The van der Waals surface area contributed by atoms with E-state index < -0.39 is 6.04 Å². The highest BCUT2D eigenvalue weighted by Crippen LogP contribution is 2.32. The van der Waals surface area contributed by atoms with E-state index in [9.17, 15) is 9.59 Å². The minimum atomic E-state index is -0.761. The lowest BCUT2D eigenvalue weighted by Crippen LogP contribution is -2.51. The van der Waals surface area contributed by atoms with Crippen molar-refractivity contribution in [2.24, 2.45) is 5.92 Å². The fourth-order valence-electron chi connectivity index (χ4n) is 4.92. The van der Waals surface area contributed by atoms with Crippen molar-refractivity contribution in [1.82, 2.24) is 10.2 Å². The predicted octanol–water partition coefficient (Wildman–Crippen LogP) is 7.93. The molecule has 0 aliphatic carbocycles. The number of rotatable bonds is 12. The van der Waals surface area contributed by atoms with Gasteiger partial charge in [-0.2, -0.15) is 0 Å². The maximum atomic E-state index is 14.5. The fraction of sp³-hybridized carbons (Fsp3) is 0.257. The lowest BCUT2D eigenvalue weighted by atomic mass is 9.87. The molecule has 0 fully saturated rings. The summed E-state index contributed by atoms with van der Waals surface area (Å²) in [6.45, 7) is 4.71. The number of amides is 2. The molecular weight excluding hydrogens is 551 g/mol. The molecule has 0 bridgehead atoms. The summed E-state index contributed by atoms with van der Waals surface area (Å²) in [5, 5.41) is 3.99. The number of carbonyl (C=O) groups excluding carboxylic acids is 2. The third-order valence-electron chi connectivity index (χ3n) is 7.13. The zero-order valence-electron chi connectivity index (χ0n) is 23.5. The van der Waals surface area contributed by atoms with E-state index in [1.165, 1.54) is 0 Å². The summed E-state index contributed by atoms with van der Waals surface area (Å²) in [6, 6.07) is 34.3. The molecule has 6 heteroatoms. The monoisotopic (exact) mass is 586 g/mol. The Balaban J connectivity index is 1.76. The van der Waals surface area contributed by atoms with Gasteiger partial charge in [-0.3, -0.25) is 9.59 Å². The van der Waals surface area contributed by atoms with Crippen molar-refractivity contribution in [3.63, 3.8) is 0 Å². The maximum absolute atomic E-state index is 14.5. The van der Waals surface area contributed by atoms with Crippen LogP contribution in [-0.4, -0.2) is 29.3 Å². The Kier molecular flexibility index (Phi) is 11.0. The lowest BCUT2D eigenvalue weighted by molar-refractivity contribution is -0.141. The molecule has 0 radical (unpaired) electrons. The molecule has 4 nitrogen and oxygen atoms in total. The van der Waals surface area contributed by atoms with Gasteiger partial charge in [0.25, 0.3) is 0 Å². The molecule has 0 saturated carbocycles. The molecule has 0 unspecified atom stereocenters. The quantitative estimate of drug-likeness (QED) is 0.183. The summed E-state index contributed by atoms with van der Waals surface area (Å²) in [6.07, 6.45) is 0.540. The number of halogens is 2. The second kappa shape index (κ2) is 14.9. The highest BCUT2D eigenvalue weighted by molar-refractivity contribution is 6.36. The fourth-order valence-corrected chi connectivity index (χ4v) is 5.44. The first-order valence-electron chi connectivity index (χ1n) is 14.0. The van der Waals surface area contributed by atoms with Crippen LogP contribution in [0.4, 0.5) is 0 Å². The third kappa shape index (κ3) is 8.45. The number of benzene rings is 4. The summed E-state index contributed by atoms with van der Waals surface area (Å²) in [5.74, 6) is -0.279. The molecular formula is C35H36Cl2N2O2. The molecule has 1 N–H and O–H groups in total. The van der Waals surface area contributed by atoms with Gasteiger partial charge in [-0.1, -0.05) is 134 Å². The predicted molar refractivity (Wildman–Crippen MR) is 168 cm³/mol. The largest absolute Gasteiger partial charge is 0.354 e. The van der Waals surface area contributed by atoms with Crippen LogP contribution in [0.2, 0.25) is 10.0 Å². The summed E-state index contributed by atoms with van der Waals surface area (Å²) < 4.78 is 0. The highest BCUT2D eigenvalue weighted by atomic mass is 35.5. The number of hydrogen-bond donors (Lipinski definition) is 1. The first-order chi connectivity index (χ1) is 19.8. The van der Waals surface area contributed by atoms with Gasteiger partial charge >= 0.3 is 0 Å². The van der Waals surface area contributed by atoms with Gasteiger partial charge < -0.3 is 10.2 Å². The highest BCUT2D eigenvalue weighted by Gasteiger charge is 2.33. The van der Waals surface area contributed by atoms with Gasteiger partial charge in [0.1, 0.15) is 6.04 Å².